The van der Waals surface area contributed by atoms with Crippen molar-refractivity contribution in [3.63, 3.8) is 0 Å². The first-order valence-corrected chi connectivity index (χ1v) is 11.2. The second-order valence-electron chi connectivity index (χ2n) is 6.54. The molecule has 13 heteroatoms. The van der Waals surface area contributed by atoms with E-state index in [1.54, 1.807) is 0 Å². The van der Waals surface area contributed by atoms with Crippen LogP contribution in [0.3, 0.4) is 0 Å². The molecule has 0 spiro atoms. The fraction of sp³-hybridized carbons (Fsp3) is 0.588. The number of aliphatic carboxylic acids is 1. The van der Waals surface area contributed by atoms with Crippen molar-refractivity contribution in [2.75, 3.05) is 17.8 Å². The average Bonchev–Trinajstić information content (AvgIpc) is 3.22. The van der Waals surface area contributed by atoms with E-state index in [0.717, 1.165) is 0 Å². The molecule has 0 radical (unpaired) electrons. The van der Waals surface area contributed by atoms with Crippen molar-refractivity contribution in [1.82, 2.24) is 25.9 Å². The molecule has 0 aliphatic rings. The number of carboxylic acids is 1. The number of aromatic nitrogens is 2. The lowest BCUT2D eigenvalue weighted by Crippen LogP contribution is -2.57. The minimum atomic E-state index is -1.19. The van der Waals surface area contributed by atoms with E-state index in [4.69, 9.17) is 10.8 Å². The molecule has 1 rings (SSSR count). The third-order valence-corrected chi connectivity index (χ3v) is 5.16. The third kappa shape index (κ3) is 8.63. The Bertz CT molecular complexity index is 718. The van der Waals surface area contributed by atoms with Crippen molar-refractivity contribution in [1.29, 1.82) is 0 Å². The molecule has 1 heterocycles. The molecule has 0 aliphatic heterocycles. The Hall–Kier alpha value is -2.25. The smallest absolute Gasteiger partial charge is 0.325 e. The van der Waals surface area contributed by atoms with Crippen LogP contribution in [0.2, 0.25) is 0 Å². The average molecular weight is 461 g/mol. The van der Waals surface area contributed by atoms with Gasteiger partial charge in [0.05, 0.1) is 12.4 Å². The van der Waals surface area contributed by atoms with E-state index >= 15 is 0 Å². The first-order chi connectivity index (χ1) is 14.2. The van der Waals surface area contributed by atoms with Gasteiger partial charge in [0, 0.05) is 24.1 Å². The summed E-state index contributed by atoms with van der Waals surface area (Å²) in [7, 11) is 0. The number of thiol groups is 1. The lowest BCUT2D eigenvalue weighted by atomic mass is 10.1. The number of aromatic amines is 1. The number of hydrogen-bond acceptors (Lipinski definition) is 8. The van der Waals surface area contributed by atoms with Crippen LogP contribution in [0.5, 0.6) is 0 Å². The third-order valence-electron chi connectivity index (χ3n) is 4.12. The normalized spacial score (nSPS) is 14.8. The number of amides is 3. The first-order valence-electron chi connectivity index (χ1n) is 9.16. The quantitative estimate of drug-likeness (QED) is 0.174. The van der Waals surface area contributed by atoms with Crippen molar-refractivity contribution in [3.8, 4) is 0 Å². The molecule has 0 saturated heterocycles. The minimum Gasteiger partial charge on any atom is -0.480 e. The summed E-state index contributed by atoms with van der Waals surface area (Å²) in [5.41, 5.74) is 6.27. The van der Waals surface area contributed by atoms with E-state index in [0.29, 0.717) is 11.4 Å². The lowest BCUT2D eigenvalue weighted by molar-refractivity contribution is -0.141. The van der Waals surface area contributed by atoms with Crippen LogP contribution in [0.4, 0.5) is 0 Å². The van der Waals surface area contributed by atoms with Crippen molar-refractivity contribution >= 4 is 48.1 Å². The molecule has 7 N–H and O–H groups in total. The molecule has 0 aromatic carbocycles. The fourth-order valence-corrected chi connectivity index (χ4v) is 2.98. The molecular formula is C17H28N6O5S2. The fourth-order valence-electron chi connectivity index (χ4n) is 2.34. The summed E-state index contributed by atoms with van der Waals surface area (Å²) >= 11 is 5.46. The number of imidazole rings is 1. The number of carbonyl (C=O) groups excluding carboxylic acids is 3. The van der Waals surface area contributed by atoms with Gasteiger partial charge in [0.2, 0.25) is 17.7 Å². The van der Waals surface area contributed by atoms with Crippen LogP contribution in [-0.2, 0) is 25.6 Å². The Balaban J connectivity index is 2.94. The van der Waals surface area contributed by atoms with Crippen LogP contribution in [0, 0.1) is 0 Å². The number of rotatable bonds is 13. The van der Waals surface area contributed by atoms with E-state index in [1.165, 1.54) is 31.2 Å². The van der Waals surface area contributed by atoms with E-state index in [1.807, 2.05) is 6.26 Å². The van der Waals surface area contributed by atoms with E-state index in [-0.39, 0.29) is 18.6 Å². The number of nitrogens with one attached hydrogen (secondary N) is 4. The molecule has 11 nitrogen and oxygen atoms in total. The monoisotopic (exact) mass is 460 g/mol. The van der Waals surface area contributed by atoms with Crippen molar-refractivity contribution in [3.05, 3.63) is 18.2 Å². The Morgan fingerprint density at radius 3 is 2.37 bits per heavy atom. The molecule has 1 aromatic heterocycles. The highest BCUT2D eigenvalue weighted by atomic mass is 32.2. The predicted molar refractivity (Wildman–Crippen MR) is 116 cm³/mol. The van der Waals surface area contributed by atoms with Gasteiger partial charge in [0.15, 0.2) is 0 Å². The van der Waals surface area contributed by atoms with Crippen LogP contribution < -0.4 is 21.7 Å². The molecule has 3 amide bonds. The molecule has 30 heavy (non-hydrogen) atoms. The summed E-state index contributed by atoms with van der Waals surface area (Å²) in [4.78, 5) is 55.3. The zero-order valence-corrected chi connectivity index (χ0v) is 18.5. The van der Waals surface area contributed by atoms with Crippen LogP contribution >= 0.6 is 24.4 Å². The van der Waals surface area contributed by atoms with Gasteiger partial charge in [-0.15, -0.1) is 0 Å². The molecule has 4 unspecified atom stereocenters. The summed E-state index contributed by atoms with van der Waals surface area (Å²) in [6.45, 7) is 1.33. The molecule has 0 fully saturated rings. The van der Waals surface area contributed by atoms with Crippen LogP contribution in [0.1, 0.15) is 19.0 Å². The molecule has 168 valence electrons. The minimum absolute atomic E-state index is 0.0933. The van der Waals surface area contributed by atoms with Gasteiger partial charge in [-0.3, -0.25) is 19.2 Å². The summed E-state index contributed by atoms with van der Waals surface area (Å²) in [5, 5.41) is 16.5. The molecule has 1 aromatic rings. The second-order valence-corrected chi connectivity index (χ2v) is 7.89. The number of nitrogens with zero attached hydrogens (tertiary/aromatic N) is 1. The summed E-state index contributed by atoms with van der Waals surface area (Å²) in [6.07, 6.45) is 5.17. The summed E-state index contributed by atoms with van der Waals surface area (Å²) in [5.74, 6) is -2.32. The summed E-state index contributed by atoms with van der Waals surface area (Å²) < 4.78 is 0. The van der Waals surface area contributed by atoms with Gasteiger partial charge in [-0.05, 0) is 25.4 Å². The first kappa shape index (κ1) is 25.8. The maximum Gasteiger partial charge on any atom is 0.325 e. The summed E-state index contributed by atoms with van der Waals surface area (Å²) in [6, 6.07) is -4.01. The zero-order valence-electron chi connectivity index (χ0n) is 16.8. The highest BCUT2D eigenvalue weighted by molar-refractivity contribution is 7.98. The highest BCUT2D eigenvalue weighted by Gasteiger charge is 2.29. The largest absolute Gasteiger partial charge is 0.480 e. The number of thioether (sulfide) groups is 1. The lowest BCUT2D eigenvalue weighted by Gasteiger charge is -2.24. The van der Waals surface area contributed by atoms with E-state index in [2.05, 4.69) is 38.5 Å². The predicted octanol–water partition coefficient (Wildman–Crippen LogP) is -1.48. The zero-order chi connectivity index (χ0) is 22.7. The Morgan fingerprint density at radius 1 is 1.20 bits per heavy atom. The number of nitrogens with two attached hydrogens (primary N) is 1. The second kappa shape index (κ2) is 13.1. The maximum absolute atomic E-state index is 12.9. The number of carbonyl (C=O) groups is 4. The van der Waals surface area contributed by atoms with Crippen molar-refractivity contribution in [2.24, 2.45) is 5.73 Å². The Kier molecular flexibility index (Phi) is 11.3. The highest BCUT2D eigenvalue weighted by Crippen LogP contribution is 2.05. The Labute approximate surface area is 184 Å². The van der Waals surface area contributed by atoms with Gasteiger partial charge in [-0.2, -0.15) is 24.4 Å². The van der Waals surface area contributed by atoms with Crippen molar-refractivity contribution in [2.45, 2.75) is 43.9 Å². The van der Waals surface area contributed by atoms with Gasteiger partial charge < -0.3 is 31.8 Å². The van der Waals surface area contributed by atoms with E-state index < -0.39 is 47.9 Å². The van der Waals surface area contributed by atoms with Crippen LogP contribution in [-0.4, -0.2) is 80.7 Å². The molecular weight excluding hydrogens is 432 g/mol. The molecule has 0 bridgehead atoms. The standard InChI is InChI=1S/C17H28N6O5S2/c1-9(17(27)28)21-15(25)12(3-4-30-2)22-16(26)13(5-10-6-19-8-20-10)23-14(24)11(18)7-29/h6,8-9,11-13,29H,3-5,7,18H2,1-2H3,(H,19,20)(H,21,25)(H,22,26)(H,23,24)(H,27,28). The number of carboxylic acid groups (broad SMARTS) is 1. The van der Waals surface area contributed by atoms with Gasteiger partial charge in [-0.1, -0.05) is 0 Å². The van der Waals surface area contributed by atoms with Crippen LogP contribution in [0.15, 0.2) is 12.5 Å². The number of H-pyrrole nitrogens is 1. The van der Waals surface area contributed by atoms with Gasteiger partial charge in [0.25, 0.3) is 0 Å². The maximum atomic E-state index is 12.9. The Morgan fingerprint density at radius 2 is 1.83 bits per heavy atom. The SMILES string of the molecule is CSCCC(NC(=O)C(Cc1cnc[nH]1)NC(=O)C(N)CS)C(=O)NC(C)C(=O)O. The molecule has 0 aliphatic carbocycles. The van der Waals surface area contributed by atoms with Gasteiger partial charge in [-0.25, -0.2) is 4.98 Å². The van der Waals surface area contributed by atoms with Crippen molar-refractivity contribution < 1.29 is 24.3 Å². The van der Waals surface area contributed by atoms with E-state index in [9.17, 15) is 19.2 Å². The van der Waals surface area contributed by atoms with Crippen LogP contribution in [0.25, 0.3) is 0 Å². The molecule has 0 saturated carbocycles. The number of hydrogen-bond donors (Lipinski definition) is 7. The molecule has 4 atom stereocenters. The van der Waals surface area contributed by atoms with Gasteiger partial charge in [0.1, 0.15) is 18.1 Å². The van der Waals surface area contributed by atoms with Gasteiger partial charge >= 0.3 is 5.97 Å². The topological polar surface area (TPSA) is 179 Å².